The predicted octanol–water partition coefficient (Wildman–Crippen LogP) is 4.16. The number of likely N-dealkylation sites (N-methyl/N-ethyl adjacent to an activating group) is 1. The molecule has 3 atom stereocenters. The van der Waals surface area contributed by atoms with Crippen LogP contribution < -0.4 is 5.32 Å². The topological polar surface area (TPSA) is 15.3 Å². The van der Waals surface area contributed by atoms with E-state index in [-0.39, 0.29) is 0 Å². The highest BCUT2D eigenvalue weighted by Gasteiger charge is 2.31. The van der Waals surface area contributed by atoms with Crippen molar-refractivity contribution < 1.29 is 0 Å². The zero-order chi connectivity index (χ0) is 15.2. The summed E-state index contributed by atoms with van der Waals surface area (Å²) < 4.78 is 0. The van der Waals surface area contributed by atoms with Crippen LogP contribution >= 0.6 is 0 Å². The first-order valence-corrected chi connectivity index (χ1v) is 8.72. The number of aryl methyl sites for hydroxylation is 1. The Morgan fingerprint density at radius 2 is 2.05 bits per heavy atom. The van der Waals surface area contributed by atoms with Crippen LogP contribution in [0.3, 0.4) is 0 Å². The zero-order valence-electron chi connectivity index (χ0n) is 14.2. The van der Waals surface area contributed by atoms with Crippen molar-refractivity contribution in [3.8, 4) is 0 Å². The van der Waals surface area contributed by atoms with Gasteiger partial charge in [-0.3, -0.25) is 4.90 Å². The Hall–Kier alpha value is -0.860. The molecule has 1 aromatic carbocycles. The third-order valence-corrected chi connectivity index (χ3v) is 5.14. The number of nitrogens with zero attached hydrogens (tertiary/aromatic N) is 1. The van der Waals surface area contributed by atoms with Gasteiger partial charge in [-0.25, -0.2) is 0 Å². The van der Waals surface area contributed by atoms with E-state index in [0.717, 1.165) is 6.54 Å². The minimum atomic E-state index is 0.475. The number of fused-ring (bicyclic) bond motifs is 1. The van der Waals surface area contributed by atoms with Crippen molar-refractivity contribution in [1.29, 1.82) is 0 Å². The zero-order valence-corrected chi connectivity index (χ0v) is 14.2. The summed E-state index contributed by atoms with van der Waals surface area (Å²) in [5, 5.41) is 3.84. The molecular weight excluding hydrogens is 256 g/mol. The molecule has 0 aliphatic heterocycles. The van der Waals surface area contributed by atoms with Crippen LogP contribution in [-0.2, 0) is 6.42 Å². The molecule has 0 aromatic heterocycles. The van der Waals surface area contributed by atoms with E-state index in [1.165, 1.54) is 37.7 Å². The maximum atomic E-state index is 3.84. The summed E-state index contributed by atoms with van der Waals surface area (Å²) in [6.07, 6.45) is 6.22. The molecule has 0 bridgehead atoms. The Labute approximate surface area is 130 Å². The quantitative estimate of drug-likeness (QED) is 0.791. The van der Waals surface area contributed by atoms with Crippen molar-refractivity contribution >= 4 is 0 Å². The first-order chi connectivity index (χ1) is 10.2. The van der Waals surface area contributed by atoms with Crippen molar-refractivity contribution in [3.63, 3.8) is 0 Å². The van der Waals surface area contributed by atoms with Gasteiger partial charge >= 0.3 is 0 Å². The lowest BCUT2D eigenvalue weighted by atomic mass is 9.94. The highest BCUT2D eigenvalue weighted by molar-refractivity contribution is 5.32. The molecule has 2 heteroatoms. The third kappa shape index (κ3) is 3.87. The van der Waals surface area contributed by atoms with Crippen LogP contribution in [0.5, 0.6) is 0 Å². The van der Waals surface area contributed by atoms with Crippen LogP contribution in [0.1, 0.15) is 63.6 Å². The van der Waals surface area contributed by atoms with Crippen LogP contribution in [0, 0.1) is 0 Å². The van der Waals surface area contributed by atoms with Crippen molar-refractivity contribution in [1.82, 2.24) is 10.2 Å². The first kappa shape index (κ1) is 16.5. The Kier molecular flexibility index (Phi) is 6.25. The van der Waals surface area contributed by atoms with Gasteiger partial charge in [-0.15, -0.1) is 0 Å². The summed E-state index contributed by atoms with van der Waals surface area (Å²) in [5.41, 5.74) is 3.08. The Bertz CT molecular complexity index is 429. The fraction of sp³-hybridized carbons (Fsp3) is 0.684. The maximum Gasteiger partial charge on any atom is 0.0480 e. The Morgan fingerprint density at radius 3 is 2.76 bits per heavy atom. The van der Waals surface area contributed by atoms with Gasteiger partial charge in [-0.2, -0.15) is 0 Å². The number of rotatable bonds is 6. The molecule has 0 radical (unpaired) electrons. The maximum absolute atomic E-state index is 3.84. The standard InChI is InChI=1S/C19H32N2/c1-5-14-20-19-17-12-8-7-10-16(17)11-9-13-18(19)21(4)15(3)6-2/h7-8,10,12,15,18-20H,5-6,9,11,13-14H2,1-4H3. The van der Waals surface area contributed by atoms with Gasteiger partial charge < -0.3 is 5.32 Å². The molecular formula is C19H32N2. The third-order valence-electron chi connectivity index (χ3n) is 5.14. The molecule has 0 spiro atoms. The molecule has 2 rings (SSSR count). The summed E-state index contributed by atoms with van der Waals surface area (Å²) in [6.45, 7) is 8.00. The lowest BCUT2D eigenvalue weighted by Gasteiger charge is -2.38. The molecule has 0 amide bonds. The second-order valence-electron chi connectivity index (χ2n) is 6.51. The van der Waals surface area contributed by atoms with Crippen molar-refractivity contribution in [2.45, 2.75) is 71.0 Å². The van der Waals surface area contributed by atoms with E-state index in [1.807, 2.05) is 0 Å². The van der Waals surface area contributed by atoms with Gasteiger partial charge in [0, 0.05) is 18.1 Å². The summed E-state index contributed by atoms with van der Waals surface area (Å²) in [7, 11) is 2.31. The van der Waals surface area contributed by atoms with Crippen molar-refractivity contribution in [2.24, 2.45) is 0 Å². The predicted molar refractivity (Wildman–Crippen MR) is 91.7 cm³/mol. The van der Waals surface area contributed by atoms with Gasteiger partial charge in [-0.05, 0) is 63.7 Å². The van der Waals surface area contributed by atoms with E-state index >= 15 is 0 Å². The molecule has 1 N–H and O–H groups in total. The van der Waals surface area contributed by atoms with Gasteiger partial charge in [0.2, 0.25) is 0 Å². The van der Waals surface area contributed by atoms with Gasteiger partial charge in [0.1, 0.15) is 0 Å². The summed E-state index contributed by atoms with van der Waals surface area (Å²) in [5.74, 6) is 0. The highest BCUT2D eigenvalue weighted by Crippen LogP contribution is 2.32. The summed E-state index contributed by atoms with van der Waals surface area (Å²) in [6, 6.07) is 10.8. The minimum Gasteiger partial charge on any atom is -0.309 e. The molecule has 0 heterocycles. The SMILES string of the molecule is CCCNC1c2ccccc2CCCC1N(C)C(C)CC. The normalized spacial score (nSPS) is 23.7. The minimum absolute atomic E-state index is 0.475. The molecule has 21 heavy (non-hydrogen) atoms. The molecule has 3 unspecified atom stereocenters. The second kappa shape index (κ2) is 7.95. The summed E-state index contributed by atoms with van der Waals surface area (Å²) >= 11 is 0. The van der Waals surface area contributed by atoms with Crippen LogP contribution in [0.4, 0.5) is 0 Å². The lowest BCUT2D eigenvalue weighted by molar-refractivity contribution is 0.135. The van der Waals surface area contributed by atoms with Crippen LogP contribution in [-0.4, -0.2) is 30.6 Å². The second-order valence-corrected chi connectivity index (χ2v) is 6.51. The van der Waals surface area contributed by atoms with E-state index in [2.05, 4.69) is 62.3 Å². The summed E-state index contributed by atoms with van der Waals surface area (Å²) in [4.78, 5) is 2.61. The molecule has 0 fully saturated rings. The molecule has 2 nitrogen and oxygen atoms in total. The van der Waals surface area contributed by atoms with E-state index in [9.17, 15) is 0 Å². The Morgan fingerprint density at radius 1 is 1.29 bits per heavy atom. The van der Waals surface area contributed by atoms with E-state index in [1.54, 1.807) is 5.56 Å². The average Bonchev–Trinajstić information content (AvgIpc) is 2.70. The molecule has 1 aliphatic carbocycles. The fourth-order valence-electron chi connectivity index (χ4n) is 3.54. The average molecular weight is 288 g/mol. The molecule has 1 aromatic rings. The number of nitrogens with one attached hydrogen (secondary N) is 1. The molecule has 118 valence electrons. The monoisotopic (exact) mass is 288 g/mol. The smallest absolute Gasteiger partial charge is 0.0480 e. The van der Waals surface area contributed by atoms with Crippen molar-refractivity contribution in [2.75, 3.05) is 13.6 Å². The largest absolute Gasteiger partial charge is 0.309 e. The van der Waals surface area contributed by atoms with Crippen LogP contribution in [0.25, 0.3) is 0 Å². The molecule has 0 saturated carbocycles. The number of hydrogen-bond acceptors (Lipinski definition) is 2. The van der Waals surface area contributed by atoms with Crippen LogP contribution in [0.2, 0.25) is 0 Å². The van der Waals surface area contributed by atoms with E-state index in [4.69, 9.17) is 0 Å². The van der Waals surface area contributed by atoms with Crippen LogP contribution in [0.15, 0.2) is 24.3 Å². The highest BCUT2D eigenvalue weighted by atomic mass is 15.2. The number of benzene rings is 1. The van der Waals surface area contributed by atoms with Crippen molar-refractivity contribution in [3.05, 3.63) is 35.4 Å². The Balaban J connectivity index is 2.30. The molecule has 0 saturated heterocycles. The lowest BCUT2D eigenvalue weighted by Crippen LogP contribution is -2.46. The van der Waals surface area contributed by atoms with E-state index < -0.39 is 0 Å². The van der Waals surface area contributed by atoms with Gasteiger partial charge in [0.25, 0.3) is 0 Å². The van der Waals surface area contributed by atoms with Gasteiger partial charge in [0.15, 0.2) is 0 Å². The first-order valence-electron chi connectivity index (χ1n) is 8.72. The number of hydrogen-bond donors (Lipinski definition) is 1. The fourth-order valence-corrected chi connectivity index (χ4v) is 3.54. The van der Waals surface area contributed by atoms with E-state index in [0.29, 0.717) is 18.1 Å². The molecule has 1 aliphatic rings. The van der Waals surface area contributed by atoms with Gasteiger partial charge in [0.05, 0.1) is 0 Å². The van der Waals surface area contributed by atoms with Gasteiger partial charge in [-0.1, -0.05) is 38.1 Å².